The maximum absolute atomic E-state index is 12.6. The molecule has 1 amide bonds. The fourth-order valence-electron chi connectivity index (χ4n) is 2.65. The van der Waals surface area contributed by atoms with Crippen LogP contribution in [0, 0.1) is 5.92 Å². The van der Waals surface area contributed by atoms with Gasteiger partial charge in [-0.05, 0) is 37.5 Å². The van der Waals surface area contributed by atoms with Crippen molar-refractivity contribution in [2.24, 2.45) is 5.92 Å². The Bertz CT molecular complexity index is 631. The molecule has 1 atom stereocenters. The molecule has 4 heteroatoms. The molecule has 4 nitrogen and oxygen atoms in total. The van der Waals surface area contributed by atoms with Crippen LogP contribution in [0.2, 0.25) is 0 Å². The first-order valence-electron chi connectivity index (χ1n) is 7.37. The van der Waals surface area contributed by atoms with Gasteiger partial charge in [-0.1, -0.05) is 19.9 Å². The van der Waals surface area contributed by atoms with Crippen LogP contribution in [0.1, 0.15) is 37.7 Å². The molecule has 0 fully saturated rings. The number of aromatic nitrogens is 1. The molecule has 21 heavy (non-hydrogen) atoms. The van der Waals surface area contributed by atoms with Crippen molar-refractivity contribution in [2.45, 2.75) is 33.2 Å². The van der Waals surface area contributed by atoms with Crippen LogP contribution in [0.25, 0.3) is 10.9 Å². The van der Waals surface area contributed by atoms with E-state index in [9.17, 15) is 4.79 Å². The highest BCUT2D eigenvalue weighted by molar-refractivity contribution is 5.99. The summed E-state index contributed by atoms with van der Waals surface area (Å²) in [6.45, 7) is 6.42. The standard InChI is InChI=1S/C17H24N2O2/c1-11(2)9-12(3)19(4)17(20)15-10-13-14(18-15)7-6-8-16(13)21-5/h6-8,10-12,18H,9H2,1-5H3. The molecule has 0 saturated heterocycles. The van der Waals surface area contributed by atoms with Crippen LogP contribution in [0.4, 0.5) is 0 Å². The number of benzene rings is 1. The molecule has 0 bridgehead atoms. The SMILES string of the molecule is COc1cccc2[nH]c(C(=O)N(C)C(C)CC(C)C)cc12. The number of fused-ring (bicyclic) bond motifs is 1. The third-order valence-electron chi connectivity index (χ3n) is 3.87. The maximum Gasteiger partial charge on any atom is 0.270 e. The minimum Gasteiger partial charge on any atom is -0.496 e. The van der Waals surface area contributed by atoms with E-state index < -0.39 is 0 Å². The van der Waals surface area contributed by atoms with Crippen molar-refractivity contribution in [3.8, 4) is 5.75 Å². The van der Waals surface area contributed by atoms with Crippen molar-refractivity contribution in [1.82, 2.24) is 9.88 Å². The lowest BCUT2D eigenvalue weighted by atomic mass is 10.0. The van der Waals surface area contributed by atoms with Crippen molar-refractivity contribution in [3.05, 3.63) is 30.0 Å². The second kappa shape index (κ2) is 6.20. The molecule has 1 aromatic carbocycles. The number of aromatic amines is 1. The summed E-state index contributed by atoms with van der Waals surface area (Å²) in [5, 5.41) is 0.938. The van der Waals surface area contributed by atoms with Gasteiger partial charge in [-0.3, -0.25) is 4.79 Å². The van der Waals surface area contributed by atoms with Crippen LogP contribution < -0.4 is 4.74 Å². The molecule has 1 heterocycles. The largest absolute Gasteiger partial charge is 0.496 e. The topological polar surface area (TPSA) is 45.3 Å². The Balaban J connectivity index is 2.27. The summed E-state index contributed by atoms with van der Waals surface area (Å²) in [6.07, 6.45) is 0.992. The van der Waals surface area contributed by atoms with Crippen molar-refractivity contribution in [3.63, 3.8) is 0 Å². The van der Waals surface area contributed by atoms with Gasteiger partial charge in [0.05, 0.1) is 7.11 Å². The second-order valence-electron chi connectivity index (χ2n) is 6.00. The summed E-state index contributed by atoms with van der Waals surface area (Å²) >= 11 is 0. The van der Waals surface area contributed by atoms with Crippen molar-refractivity contribution in [1.29, 1.82) is 0 Å². The molecule has 1 aromatic heterocycles. The van der Waals surface area contributed by atoms with Gasteiger partial charge in [-0.25, -0.2) is 0 Å². The number of carbonyl (C=O) groups is 1. The average Bonchev–Trinajstić information content (AvgIpc) is 2.88. The van der Waals surface area contributed by atoms with E-state index in [-0.39, 0.29) is 11.9 Å². The number of hydrogen-bond donors (Lipinski definition) is 1. The number of hydrogen-bond acceptors (Lipinski definition) is 2. The first-order chi connectivity index (χ1) is 9.93. The fraction of sp³-hybridized carbons (Fsp3) is 0.471. The molecular formula is C17H24N2O2. The molecule has 114 valence electrons. The lowest BCUT2D eigenvalue weighted by Crippen LogP contribution is -2.36. The predicted molar refractivity (Wildman–Crippen MR) is 85.9 cm³/mol. The highest BCUT2D eigenvalue weighted by Gasteiger charge is 2.20. The summed E-state index contributed by atoms with van der Waals surface area (Å²) < 4.78 is 5.34. The van der Waals surface area contributed by atoms with E-state index >= 15 is 0 Å². The van der Waals surface area contributed by atoms with Crippen molar-refractivity contribution in [2.75, 3.05) is 14.2 Å². The Morgan fingerprint density at radius 2 is 2.05 bits per heavy atom. The number of rotatable bonds is 5. The fourth-order valence-corrected chi connectivity index (χ4v) is 2.65. The van der Waals surface area contributed by atoms with Gasteiger partial charge in [0.1, 0.15) is 11.4 Å². The number of nitrogens with zero attached hydrogens (tertiary/aromatic N) is 1. The number of methoxy groups -OCH3 is 1. The van der Waals surface area contributed by atoms with Crippen LogP contribution in [0.5, 0.6) is 5.75 Å². The monoisotopic (exact) mass is 288 g/mol. The molecule has 2 rings (SSSR count). The third-order valence-corrected chi connectivity index (χ3v) is 3.87. The second-order valence-corrected chi connectivity index (χ2v) is 6.00. The van der Waals surface area contributed by atoms with Crippen LogP contribution in [-0.2, 0) is 0 Å². The molecule has 0 aliphatic carbocycles. The summed E-state index contributed by atoms with van der Waals surface area (Å²) in [7, 11) is 3.50. The van der Waals surface area contributed by atoms with E-state index in [0.717, 1.165) is 23.1 Å². The van der Waals surface area contributed by atoms with Gasteiger partial charge in [-0.2, -0.15) is 0 Å². The van der Waals surface area contributed by atoms with E-state index in [2.05, 4.69) is 25.8 Å². The van der Waals surface area contributed by atoms with Gasteiger partial charge in [0.15, 0.2) is 0 Å². The Labute approximate surface area is 126 Å². The van der Waals surface area contributed by atoms with Crippen molar-refractivity contribution >= 4 is 16.8 Å². The van der Waals surface area contributed by atoms with Crippen LogP contribution >= 0.6 is 0 Å². The van der Waals surface area contributed by atoms with Gasteiger partial charge < -0.3 is 14.6 Å². The lowest BCUT2D eigenvalue weighted by molar-refractivity contribution is 0.0723. The van der Waals surface area contributed by atoms with E-state index in [1.807, 2.05) is 31.3 Å². The number of nitrogens with one attached hydrogen (secondary N) is 1. The van der Waals surface area contributed by atoms with E-state index in [1.54, 1.807) is 12.0 Å². The summed E-state index contributed by atoms with van der Waals surface area (Å²) in [4.78, 5) is 17.6. The Morgan fingerprint density at radius 1 is 1.33 bits per heavy atom. The quantitative estimate of drug-likeness (QED) is 0.912. The molecule has 0 spiro atoms. The molecule has 0 radical (unpaired) electrons. The van der Waals surface area contributed by atoms with Gasteiger partial charge in [-0.15, -0.1) is 0 Å². The predicted octanol–water partition coefficient (Wildman–Crippen LogP) is 3.68. The van der Waals surface area contributed by atoms with E-state index in [1.165, 1.54) is 0 Å². The maximum atomic E-state index is 12.6. The third kappa shape index (κ3) is 3.20. The molecule has 0 saturated carbocycles. The van der Waals surface area contributed by atoms with Crippen LogP contribution in [0.3, 0.4) is 0 Å². The van der Waals surface area contributed by atoms with Crippen molar-refractivity contribution < 1.29 is 9.53 Å². The Kier molecular flexibility index (Phi) is 4.56. The molecular weight excluding hydrogens is 264 g/mol. The van der Waals surface area contributed by atoms with Gasteiger partial charge in [0, 0.05) is 24.0 Å². The minimum absolute atomic E-state index is 0.0152. The summed E-state index contributed by atoms with van der Waals surface area (Å²) in [6, 6.07) is 7.85. The Hall–Kier alpha value is -1.97. The number of H-pyrrole nitrogens is 1. The average molecular weight is 288 g/mol. The number of carbonyl (C=O) groups excluding carboxylic acids is 1. The van der Waals surface area contributed by atoms with Crippen LogP contribution in [0.15, 0.2) is 24.3 Å². The molecule has 0 aliphatic heterocycles. The van der Waals surface area contributed by atoms with Gasteiger partial charge >= 0.3 is 0 Å². The summed E-state index contributed by atoms with van der Waals surface area (Å²) in [5.41, 5.74) is 1.52. The highest BCUT2D eigenvalue weighted by Crippen LogP contribution is 2.26. The normalized spacial score (nSPS) is 12.7. The van der Waals surface area contributed by atoms with E-state index in [0.29, 0.717) is 11.6 Å². The lowest BCUT2D eigenvalue weighted by Gasteiger charge is -2.25. The molecule has 0 aliphatic rings. The zero-order valence-corrected chi connectivity index (χ0v) is 13.4. The zero-order valence-electron chi connectivity index (χ0n) is 13.4. The smallest absolute Gasteiger partial charge is 0.270 e. The molecule has 2 aromatic rings. The van der Waals surface area contributed by atoms with Gasteiger partial charge in [0.2, 0.25) is 0 Å². The highest BCUT2D eigenvalue weighted by atomic mass is 16.5. The number of amides is 1. The Morgan fingerprint density at radius 3 is 2.67 bits per heavy atom. The molecule has 1 unspecified atom stereocenters. The van der Waals surface area contributed by atoms with E-state index in [4.69, 9.17) is 4.74 Å². The first kappa shape index (κ1) is 15.4. The minimum atomic E-state index is 0.0152. The first-order valence-corrected chi connectivity index (χ1v) is 7.37. The van der Waals surface area contributed by atoms with Gasteiger partial charge in [0.25, 0.3) is 5.91 Å². The number of ether oxygens (including phenoxy) is 1. The van der Waals surface area contributed by atoms with Crippen LogP contribution in [-0.4, -0.2) is 36.0 Å². The molecule has 1 N–H and O–H groups in total. The zero-order chi connectivity index (χ0) is 15.6. The summed E-state index contributed by atoms with van der Waals surface area (Å²) in [5.74, 6) is 1.36.